The van der Waals surface area contributed by atoms with Gasteiger partial charge in [0, 0.05) is 24.7 Å². The van der Waals surface area contributed by atoms with Gasteiger partial charge in [0.1, 0.15) is 10.7 Å². The largest absolute Gasteiger partial charge is 0.334 e. The standard InChI is InChI=1S/C15H22FN3O3S/c1-10-4-3-7-19(13(10)9-17)15(20)11-5-6-12(16)14(8-11)23(21,22)18-2/h5-6,8,10,13,18H,3-4,7,9,17H2,1-2H3. The first-order valence-corrected chi connectivity index (χ1v) is 9.04. The molecule has 1 heterocycles. The molecule has 2 rings (SSSR count). The number of benzene rings is 1. The van der Waals surface area contributed by atoms with E-state index in [0.717, 1.165) is 25.0 Å². The molecule has 6 nitrogen and oxygen atoms in total. The molecule has 0 aromatic heterocycles. The van der Waals surface area contributed by atoms with Crippen LogP contribution in [0.25, 0.3) is 0 Å². The van der Waals surface area contributed by atoms with E-state index in [4.69, 9.17) is 5.73 Å². The molecule has 1 amide bonds. The Morgan fingerprint density at radius 1 is 1.48 bits per heavy atom. The molecule has 1 fully saturated rings. The third-order valence-corrected chi connectivity index (χ3v) is 5.78. The van der Waals surface area contributed by atoms with Crippen LogP contribution in [0.3, 0.4) is 0 Å². The maximum Gasteiger partial charge on any atom is 0.254 e. The zero-order chi connectivity index (χ0) is 17.2. The van der Waals surface area contributed by atoms with E-state index in [1.54, 1.807) is 4.90 Å². The van der Waals surface area contributed by atoms with Crippen LogP contribution in [0.2, 0.25) is 0 Å². The minimum atomic E-state index is -3.97. The van der Waals surface area contributed by atoms with Gasteiger partial charge in [0.25, 0.3) is 5.91 Å². The smallest absolute Gasteiger partial charge is 0.254 e. The molecule has 3 N–H and O–H groups in total. The van der Waals surface area contributed by atoms with Gasteiger partial charge in [-0.1, -0.05) is 6.92 Å². The van der Waals surface area contributed by atoms with Crippen LogP contribution in [0.15, 0.2) is 23.1 Å². The summed E-state index contributed by atoms with van der Waals surface area (Å²) < 4.78 is 39.6. The fourth-order valence-electron chi connectivity index (χ4n) is 2.98. The third-order valence-electron chi connectivity index (χ3n) is 4.35. The molecule has 1 saturated heterocycles. The number of nitrogens with one attached hydrogen (secondary N) is 1. The fraction of sp³-hybridized carbons (Fsp3) is 0.533. The zero-order valence-corrected chi connectivity index (χ0v) is 14.1. The lowest BCUT2D eigenvalue weighted by molar-refractivity contribution is 0.0532. The van der Waals surface area contributed by atoms with E-state index in [9.17, 15) is 17.6 Å². The number of halogens is 1. The van der Waals surface area contributed by atoms with Crippen molar-refractivity contribution in [1.82, 2.24) is 9.62 Å². The second kappa shape index (κ2) is 6.94. The van der Waals surface area contributed by atoms with Crippen molar-refractivity contribution in [2.45, 2.75) is 30.7 Å². The lowest BCUT2D eigenvalue weighted by Gasteiger charge is -2.39. The topological polar surface area (TPSA) is 92.5 Å². The molecule has 2 unspecified atom stereocenters. The molecule has 0 spiro atoms. The number of hydrogen-bond donors (Lipinski definition) is 2. The summed E-state index contributed by atoms with van der Waals surface area (Å²) in [5.41, 5.74) is 5.93. The minimum absolute atomic E-state index is 0.0920. The molecular formula is C15H22FN3O3S. The Morgan fingerprint density at radius 3 is 2.78 bits per heavy atom. The van der Waals surface area contributed by atoms with Gasteiger partial charge in [-0.2, -0.15) is 0 Å². The average molecular weight is 343 g/mol. The molecule has 1 aromatic rings. The van der Waals surface area contributed by atoms with Crippen LogP contribution in [0.1, 0.15) is 30.1 Å². The SMILES string of the molecule is CNS(=O)(=O)c1cc(C(=O)N2CCCC(C)C2CN)ccc1F. The zero-order valence-electron chi connectivity index (χ0n) is 13.3. The first-order valence-electron chi connectivity index (χ1n) is 7.56. The van der Waals surface area contributed by atoms with Crippen LogP contribution in [0, 0.1) is 11.7 Å². The highest BCUT2D eigenvalue weighted by Crippen LogP contribution is 2.25. The Hall–Kier alpha value is -1.51. The summed E-state index contributed by atoms with van der Waals surface area (Å²) >= 11 is 0. The average Bonchev–Trinajstić information content (AvgIpc) is 2.54. The molecule has 0 aliphatic carbocycles. The number of nitrogens with two attached hydrogens (primary N) is 1. The highest BCUT2D eigenvalue weighted by Gasteiger charge is 2.32. The van der Waals surface area contributed by atoms with Crippen molar-refractivity contribution in [1.29, 1.82) is 0 Å². The summed E-state index contributed by atoms with van der Waals surface area (Å²) in [5.74, 6) is -0.934. The Bertz CT molecular complexity index is 693. The second-order valence-corrected chi connectivity index (χ2v) is 7.63. The number of sulfonamides is 1. The van der Waals surface area contributed by atoms with Crippen molar-refractivity contribution >= 4 is 15.9 Å². The molecule has 1 aromatic carbocycles. The number of amides is 1. The Morgan fingerprint density at radius 2 is 2.17 bits per heavy atom. The Balaban J connectivity index is 2.38. The van der Waals surface area contributed by atoms with E-state index in [2.05, 4.69) is 4.72 Å². The van der Waals surface area contributed by atoms with Crippen LogP contribution >= 0.6 is 0 Å². The quantitative estimate of drug-likeness (QED) is 0.851. The van der Waals surface area contributed by atoms with E-state index in [1.165, 1.54) is 13.1 Å². The van der Waals surface area contributed by atoms with Gasteiger partial charge >= 0.3 is 0 Å². The molecule has 2 atom stereocenters. The lowest BCUT2D eigenvalue weighted by atomic mass is 9.90. The fourth-order valence-corrected chi connectivity index (χ4v) is 3.81. The number of carbonyl (C=O) groups is 1. The van der Waals surface area contributed by atoms with Crippen molar-refractivity contribution in [3.63, 3.8) is 0 Å². The molecular weight excluding hydrogens is 321 g/mol. The van der Waals surface area contributed by atoms with Crippen LogP contribution in [0.4, 0.5) is 4.39 Å². The van der Waals surface area contributed by atoms with Crippen molar-refractivity contribution < 1.29 is 17.6 Å². The van der Waals surface area contributed by atoms with Crippen molar-refractivity contribution in [2.75, 3.05) is 20.1 Å². The van der Waals surface area contributed by atoms with Crippen LogP contribution in [0.5, 0.6) is 0 Å². The highest BCUT2D eigenvalue weighted by molar-refractivity contribution is 7.89. The van der Waals surface area contributed by atoms with E-state index < -0.39 is 20.7 Å². The van der Waals surface area contributed by atoms with E-state index in [0.29, 0.717) is 13.1 Å². The number of piperidine rings is 1. The molecule has 0 saturated carbocycles. The third kappa shape index (κ3) is 3.54. The lowest BCUT2D eigenvalue weighted by Crippen LogP contribution is -2.51. The second-order valence-electron chi connectivity index (χ2n) is 5.77. The van der Waals surface area contributed by atoms with Gasteiger partial charge in [-0.05, 0) is 44.0 Å². The number of rotatable bonds is 4. The molecule has 23 heavy (non-hydrogen) atoms. The molecule has 1 aliphatic heterocycles. The van der Waals surface area contributed by atoms with Gasteiger partial charge in [0.15, 0.2) is 0 Å². The Labute approximate surface area is 135 Å². The van der Waals surface area contributed by atoms with E-state index in [-0.39, 0.29) is 23.4 Å². The normalized spacial score (nSPS) is 22.2. The van der Waals surface area contributed by atoms with Crippen LogP contribution in [-0.4, -0.2) is 45.4 Å². The van der Waals surface area contributed by atoms with Crippen LogP contribution in [-0.2, 0) is 10.0 Å². The van der Waals surface area contributed by atoms with Gasteiger partial charge < -0.3 is 10.6 Å². The van der Waals surface area contributed by atoms with Crippen LogP contribution < -0.4 is 10.5 Å². The summed E-state index contributed by atoms with van der Waals surface area (Å²) in [4.78, 5) is 13.9. The molecule has 0 bridgehead atoms. The molecule has 1 aliphatic rings. The molecule has 0 radical (unpaired) electrons. The number of hydrogen-bond acceptors (Lipinski definition) is 4. The van der Waals surface area contributed by atoms with Crippen molar-refractivity contribution in [3.8, 4) is 0 Å². The predicted molar refractivity (Wildman–Crippen MR) is 84.9 cm³/mol. The van der Waals surface area contributed by atoms with E-state index in [1.807, 2.05) is 6.92 Å². The minimum Gasteiger partial charge on any atom is -0.334 e. The molecule has 8 heteroatoms. The maximum atomic E-state index is 13.8. The first-order chi connectivity index (χ1) is 10.8. The van der Waals surface area contributed by atoms with E-state index >= 15 is 0 Å². The Kier molecular flexibility index (Phi) is 5.38. The highest BCUT2D eigenvalue weighted by atomic mass is 32.2. The summed E-state index contributed by atoms with van der Waals surface area (Å²) in [6.45, 7) is 2.95. The van der Waals surface area contributed by atoms with Gasteiger partial charge in [0.05, 0.1) is 0 Å². The first kappa shape index (κ1) is 17.8. The maximum absolute atomic E-state index is 13.8. The van der Waals surface area contributed by atoms with Crippen molar-refractivity contribution in [2.24, 2.45) is 11.7 Å². The van der Waals surface area contributed by atoms with Gasteiger partial charge in [0.2, 0.25) is 10.0 Å². The summed E-state index contributed by atoms with van der Waals surface area (Å²) in [6, 6.07) is 3.29. The van der Waals surface area contributed by atoms with Crippen molar-refractivity contribution in [3.05, 3.63) is 29.6 Å². The molecule has 128 valence electrons. The monoisotopic (exact) mass is 343 g/mol. The summed E-state index contributed by atoms with van der Waals surface area (Å²) in [7, 11) is -2.77. The van der Waals surface area contributed by atoms with Gasteiger partial charge in [-0.25, -0.2) is 17.5 Å². The summed E-state index contributed by atoms with van der Waals surface area (Å²) in [5, 5.41) is 0. The van der Waals surface area contributed by atoms with Gasteiger partial charge in [-0.15, -0.1) is 0 Å². The summed E-state index contributed by atoms with van der Waals surface area (Å²) in [6.07, 6.45) is 1.86. The predicted octanol–water partition coefficient (Wildman–Crippen LogP) is 0.933. The number of likely N-dealkylation sites (tertiary alicyclic amines) is 1. The van der Waals surface area contributed by atoms with Gasteiger partial charge in [-0.3, -0.25) is 4.79 Å². The number of nitrogens with zero attached hydrogens (tertiary/aromatic N) is 1. The number of carbonyl (C=O) groups excluding carboxylic acids is 1.